The Kier molecular flexibility index (Phi) is 7.38. The third-order valence-corrected chi connectivity index (χ3v) is 7.00. The number of benzene rings is 1. The molecule has 5 heteroatoms. The van der Waals surface area contributed by atoms with Crippen molar-refractivity contribution in [1.82, 2.24) is 10.2 Å². The van der Waals surface area contributed by atoms with E-state index >= 15 is 0 Å². The summed E-state index contributed by atoms with van der Waals surface area (Å²) >= 11 is 0. The zero-order valence-corrected chi connectivity index (χ0v) is 18.6. The molecule has 1 saturated carbocycles. The normalized spacial score (nSPS) is 24.6. The molecule has 3 aliphatic rings. The molecule has 2 bridgehead atoms. The van der Waals surface area contributed by atoms with Gasteiger partial charge in [-0.2, -0.15) is 0 Å². The predicted molar refractivity (Wildman–Crippen MR) is 117 cm³/mol. The van der Waals surface area contributed by atoms with E-state index in [1.165, 1.54) is 24.0 Å². The number of aliphatic hydroxyl groups is 1. The summed E-state index contributed by atoms with van der Waals surface area (Å²) < 4.78 is 11.1. The summed E-state index contributed by atoms with van der Waals surface area (Å²) in [6.07, 6.45) is 4.36. The average Bonchev–Trinajstić information content (AvgIpc) is 2.71. The summed E-state index contributed by atoms with van der Waals surface area (Å²) in [5.74, 6) is 2.38. The monoisotopic (exact) mass is 402 g/mol. The van der Waals surface area contributed by atoms with Crippen LogP contribution in [0.4, 0.5) is 0 Å². The van der Waals surface area contributed by atoms with E-state index in [-0.39, 0.29) is 6.04 Å². The van der Waals surface area contributed by atoms with Crippen LogP contribution in [0.5, 0.6) is 5.75 Å². The van der Waals surface area contributed by atoms with Crippen LogP contribution in [-0.4, -0.2) is 63.6 Å². The fraction of sp³-hybridized carbons (Fsp3) is 0.667. The van der Waals surface area contributed by atoms with Crippen molar-refractivity contribution in [3.05, 3.63) is 41.5 Å². The van der Waals surface area contributed by atoms with Crippen LogP contribution < -0.4 is 10.1 Å². The molecule has 3 aliphatic carbocycles. The molecule has 0 spiro atoms. The number of allylic oxidation sites excluding steroid dienone is 1. The SMILES string of the molecule is COc1ccc([C@H](CNC[C@@H](O)COCC2=CC[C@@H]3C[C@H]2C3(C)C)N(C)C)cc1. The molecule has 29 heavy (non-hydrogen) atoms. The zero-order valence-electron chi connectivity index (χ0n) is 18.6. The van der Waals surface area contributed by atoms with Crippen molar-refractivity contribution >= 4 is 0 Å². The number of nitrogens with zero attached hydrogens (tertiary/aromatic N) is 1. The van der Waals surface area contributed by atoms with Gasteiger partial charge >= 0.3 is 0 Å². The van der Waals surface area contributed by atoms with E-state index in [0.717, 1.165) is 18.2 Å². The Morgan fingerprint density at radius 3 is 2.52 bits per heavy atom. The summed E-state index contributed by atoms with van der Waals surface area (Å²) in [4.78, 5) is 2.18. The Hall–Kier alpha value is -1.40. The van der Waals surface area contributed by atoms with E-state index in [1.54, 1.807) is 7.11 Å². The van der Waals surface area contributed by atoms with Gasteiger partial charge in [-0.1, -0.05) is 32.1 Å². The molecule has 4 atom stereocenters. The maximum Gasteiger partial charge on any atom is 0.118 e. The van der Waals surface area contributed by atoms with Gasteiger partial charge < -0.3 is 24.8 Å². The summed E-state index contributed by atoms with van der Waals surface area (Å²) in [5, 5.41) is 13.7. The number of rotatable bonds is 11. The van der Waals surface area contributed by atoms with Gasteiger partial charge in [0.25, 0.3) is 0 Å². The second-order valence-electron chi connectivity index (χ2n) is 9.40. The quantitative estimate of drug-likeness (QED) is 0.557. The molecule has 1 aromatic rings. The van der Waals surface area contributed by atoms with E-state index in [4.69, 9.17) is 9.47 Å². The number of fused-ring (bicyclic) bond motifs is 1. The van der Waals surface area contributed by atoms with Gasteiger partial charge in [0.2, 0.25) is 0 Å². The number of nitrogens with one attached hydrogen (secondary N) is 1. The molecule has 0 saturated heterocycles. The van der Waals surface area contributed by atoms with Gasteiger partial charge in [0.1, 0.15) is 5.75 Å². The maximum absolute atomic E-state index is 10.3. The molecule has 0 radical (unpaired) electrons. The van der Waals surface area contributed by atoms with E-state index in [0.29, 0.717) is 31.1 Å². The van der Waals surface area contributed by atoms with E-state index < -0.39 is 6.10 Å². The Morgan fingerprint density at radius 2 is 1.93 bits per heavy atom. The lowest BCUT2D eigenvalue weighted by Crippen LogP contribution is -2.48. The van der Waals surface area contributed by atoms with Crippen LogP contribution >= 0.6 is 0 Å². The molecule has 0 unspecified atom stereocenters. The number of hydrogen-bond donors (Lipinski definition) is 2. The van der Waals surface area contributed by atoms with Crippen LogP contribution in [0.3, 0.4) is 0 Å². The maximum atomic E-state index is 10.3. The number of likely N-dealkylation sites (N-methyl/N-ethyl adjacent to an activating group) is 1. The van der Waals surface area contributed by atoms with Gasteiger partial charge in [0.15, 0.2) is 0 Å². The first-order chi connectivity index (χ1) is 13.8. The van der Waals surface area contributed by atoms with Crippen LogP contribution in [0.2, 0.25) is 0 Å². The molecular weight excluding hydrogens is 364 g/mol. The fourth-order valence-corrected chi connectivity index (χ4v) is 4.82. The number of methoxy groups -OCH3 is 1. The standard InChI is InChI=1S/C24H38N2O3/c1-24(2)19-9-6-18(22(24)12-19)15-29-16-20(27)13-25-14-23(26(3)4)17-7-10-21(28-5)11-8-17/h6-8,10-11,19-20,22-23,25,27H,9,12-16H2,1-5H3/t19-,20-,22-,23+/m1/s1. The van der Waals surface area contributed by atoms with Crippen molar-refractivity contribution < 1.29 is 14.6 Å². The van der Waals surface area contributed by atoms with E-state index in [2.05, 4.69) is 56.4 Å². The Morgan fingerprint density at radius 1 is 1.21 bits per heavy atom. The summed E-state index contributed by atoms with van der Waals surface area (Å²) in [6, 6.07) is 8.39. The van der Waals surface area contributed by atoms with E-state index in [1.807, 2.05) is 12.1 Å². The molecule has 0 amide bonds. The van der Waals surface area contributed by atoms with Crippen LogP contribution in [0.1, 0.15) is 38.3 Å². The van der Waals surface area contributed by atoms with Gasteiger partial charge in [0, 0.05) is 19.1 Å². The van der Waals surface area contributed by atoms with Gasteiger partial charge in [-0.05, 0) is 67.5 Å². The topological polar surface area (TPSA) is 54.0 Å². The molecule has 1 fully saturated rings. The average molecular weight is 403 g/mol. The highest BCUT2D eigenvalue weighted by Crippen LogP contribution is 2.59. The first-order valence-corrected chi connectivity index (χ1v) is 10.8. The molecule has 5 nitrogen and oxygen atoms in total. The largest absolute Gasteiger partial charge is 0.497 e. The Labute approximate surface area is 176 Å². The second-order valence-corrected chi connectivity index (χ2v) is 9.40. The molecule has 1 aromatic carbocycles. The van der Waals surface area contributed by atoms with Crippen molar-refractivity contribution in [1.29, 1.82) is 0 Å². The molecule has 0 aliphatic heterocycles. The minimum Gasteiger partial charge on any atom is -0.497 e. The Bertz CT molecular complexity index is 684. The van der Waals surface area contributed by atoms with Crippen molar-refractivity contribution in [2.24, 2.45) is 17.3 Å². The lowest BCUT2D eigenvalue weighted by atomic mass is 9.49. The first-order valence-electron chi connectivity index (χ1n) is 10.8. The first kappa shape index (κ1) is 22.3. The predicted octanol–water partition coefficient (Wildman–Crippen LogP) is 3.26. The smallest absolute Gasteiger partial charge is 0.118 e. The van der Waals surface area contributed by atoms with Crippen LogP contribution in [0, 0.1) is 17.3 Å². The summed E-state index contributed by atoms with van der Waals surface area (Å²) in [7, 11) is 5.82. The summed E-state index contributed by atoms with van der Waals surface area (Å²) in [6.45, 7) is 7.07. The van der Waals surface area contributed by atoms with Gasteiger partial charge in [0.05, 0.1) is 26.4 Å². The van der Waals surface area contributed by atoms with E-state index in [9.17, 15) is 5.11 Å². The van der Waals surface area contributed by atoms with Crippen molar-refractivity contribution in [3.63, 3.8) is 0 Å². The van der Waals surface area contributed by atoms with Gasteiger partial charge in [-0.25, -0.2) is 0 Å². The minimum absolute atomic E-state index is 0.232. The number of aliphatic hydroxyl groups excluding tert-OH is 1. The number of hydrogen-bond acceptors (Lipinski definition) is 5. The third kappa shape index (κ3) is 5.21. The summed E-state index contributed by atoms with van der Waals surface area (Å²) in [5.41, 5.74) is 3.08. The van der Waals surface area contributed by atoms with Crippen molar-refractivity contribution in [3.8, 4) is 5.75 Å². The van der Waals surface area contributed by atoms with Crippen LogP contribution in [-0.2, 0) is 4.74 Å². The van der Waals surface area contributed by atoms with Crippen molar-refractivity contribution in [2.45, 2.75) is 38.8 Å². The molecule has 0 heterocycles. The second kappa shape index (κ2) is 9.61. The third-order valence-electron chi connectivity index (χ3n) is 7.00. The van der Waals surface area contributed by atoms with Gasteiger partial charge in [-0.15, -0.1) is 0 Å². The molecule has 0 aromatic heterocycles. The van der Waals surface area contributed by atoms with Crippen LogP contribution in [0.25, 0.3) is 0 Å². The molecular formula is C24H38N2O3. The molecule has 162 valence electrons. The fourth-order valence-electron chi connectivity index (χ4n) is 4.82. The highest BCUT2D eigenvalue weighted by molar-refractivity contribution is 5.29. The minimum atomic E-state index is -0.500. The van der Waals surface area contributed by atoms with Crippen molar-refractivity contribution in [2.75, 3.05) is 47.5 Å². The highest BCUT2D eigenvalue weighted by Gasteiger charge is 2.50. The Balaban J connectivity index is 1.38. The lowest BCUT2D eigenvalue weighted by Gasteiger charge is -2.56. The van der Waals surface area contributed by atoms with Crippen LogP contribution in [0.15, 0.2) is 35.9 Å². The molecule has 2 N–H and O–H groups in total. The molecule has 4 rings (SSSR count). The van der Waals surface area contributed by atoms with Gasteiger partial charge in [-0.3, -0.25) is 0 Å². The highest BCUT2D eigenvalue weighted by atomic mass is 16.5. The zero-order chi connectivity index (χ0) is 21.0. The number of ether oxygens (including phenoxy) is 2. The lowest BCUT2D eigenvalue weighted by molar-refractivity contribution is -0.0235.